The van der Waals surface area contributed by atoms with Crippen LogP contribution in [-0.4, -0.2) is 20.6 Å². The molecule has 144 valence electrons. The number of halogens is 2. The van der Waals surface area contributed by atoms with Gasteiger partial charge in [-0.05, 0) is 46.9 Å². The van der Waals surface area contributed by atoms with Gasteiger partial charge in [-0.3, -0.25) is 4.79 Å². The molecule has 1 amide bonds. The summed E-state index contributed by atoms with van der Waals surface area (Å²) in [6.45, 7) is 3.35. The molecule has 0 aliphatic carbocycles. The number of amides is 1. The predicted molar refractivity (Wildman–Crippen MR) is 99.1 cm³/mol. The number of carbonyl (C=O) groups is 1. The van der Waals surface area contributed by atoms with E-state index in [1.165, 1.54) is 18.3 Å². The van der Waals surface area contributed by atoms with Crippen molar-refractivity contribution in [2.24, 2.45) is 0 Å². The summed E-state index contributed by atoms with van der Waals surface area (Å²) >= 11 is 0. The molecular weight excluding hydrogens is 384 g/mol. The average Bonchev–Trinajstić information content (AvgIpc) is 3.14. The van der Waals surface area contributed by atoms with Crippen LogP contribution in [0.15, 0.2) is 55.3 Å². The third-order valence-corrected chi connectivity index (χ3v) is 3.90. The number of anilines is 1. The zero-order chi connectivity index (χ0) is 21.1. The highest BCUT2D eigenvalue weighted by Gasteiger charge is 2.25. The molecule has 1 heterocycles. The molecule has 3 rings (SSSR count). The van der Waals surface area contributed by atoms with Crippen molar-refractivity contribution in [3.05, 3.63) is 82.6 Å². The monoisotopic (exact) mass is 395 g/mol. The first kappa shape index (κ1) is 19.4. The van der Waals surface area contributed by atoms with Gasteiger partial charge in [0.1, 0.15) is 28.8 Å². The van der Waals surface area contributed by atoms with E-state index in [2.05, 4.69) is 17.0 Å². The van der Waals surface area contributed by atoms with Gasteiger partial charge in [-0.2, -0.15) is 5.26 Å². The zero-order valence-electron chi connectivity index (χ0n) is 14.6. The number of nitrogens with one attached hydrogen (secondary N) is 1. The molecule has 0 aliphatic heterocycles. The highest BCUT2D eigenvalue weighted by molar-refractivity contribution is 5.99. The quantitative estimate of drug-likeness (QED) is 0.402. The Balaban J connectivity index is 2.11. The van der Waals surface area contributed by atoms with Gasteiger partial charge < -0.3 is 15.4 Å². The van der Waals surface area contributed by atoms with Gasteiger partial charge in [-0.1, -0.05) is 12.6 Å². The lowest BCUT2D eigenvalue weighted by atomic mass is 10.1. The van der Waals surface area contributed by atoms with Crippen molar-refractivity contribution >= 4 is 17.4 Å². The second kappa shape index (κ2) is 7.69. The summed E-state index contributed by atoms with van der Waals surface area (Å²) in [6.07, 6.45) is 2.31. The minimum Gasteiger partial charge on any atom is -0.358 e. The van der Waals surface area contributed by atoms with Crippen LogP contribution < -0.4 is 5.32 Å². The summed E-state index contributed by atoms with van der Waals surface area (Å²) in [6, 6.07) is 9.30. The highest BCUT2D eigenvalue weighted by Crippen LogP contribution is 2.32. The fourth-order valence-corrected chi connectivity index (χ4v) is 2.59. The molecule has 1 N–H and O–H groups in total. The predicted octanol–water partition coefficient (Wildman–Crippen LogP) is 3.72. The van der Waals surface area contributed by atoms with Crippen molar-refractivity contribution in [2.75, 3.05) is 5.32 Å². The Kier molecular flexibility index (Phi) is 5.14. The number of nitriles is 1. The normalized spacial score (nSPS) is 10.2. The van der Waals surface area contributed by atoms with Crippen molar-refractivity contribution in [3.63, 3.8) is 0 Å². The largest absolute Gasteiger partial charge is 0.398 e. The topological polar surface area (TPSA) is 114 Å². The van der Waals surface area contributed by atoms with Crippen LogP contribution in [-0.2, 0) is 4.79 Å². The third-order valence-electron chi connectivity index (χ3n) is 3.90. The summed E-state index contributed by atoms with van der Waals surface area (Å²) < 4.78 is 29.1. The maximum absolute atomic E-state index is 14.0. The first-order chi connectivity index (χ1) is 13.8. The summed E-state index contributed by atoms with van der Waals surface area (Å²) in [7, 11) is 0. The van der Waals surface area contributed by atoms with Crippen LogP contribution in [0.25, 0.3) is 16.8 Å². The Labute approximate surface area is 162 Å². The van der Waals surface area contributed by atoms with Gasteiger partial charge in [0.25, 0.3) is 0 Å². The number of nitro groups is 1. The molecule has 0 atom stereocenters. The first-order valence-electron chi connectivity index (χ1n) is 8.01. The van der Waals surface area contributed by atoms with Crippen LogP contribution >= 0.6 is 0 Å². The Morgan fingerprint density at radius 2 is 2.00 bits per heavy atom. The van der Waals surface area contributed by atoms with E-state index < -0.39 is 33.8 Å². The van der Waals surface area contributed by atoms with Crippen LogP contribution in [0.1, 0.15) is 5.56 Å². The molecule has 0 spiro atoms. The number of nitrogens with zero attached hydrogens (tertiary/aromatic N) is 4. The van der Waals surface area contributed by atoms with Crippen molar-refractivity contribution in [3.8, 4) is 22.9 Å². The van der Waals surface area contributed by atoms with Gasteiger partial charge in [-0.25, -0.2) is 8.78 Å². The summed E-state index contributed by atoms with van der Waals surface area (Å²) in [5, 5.41) is 26.6. The van der Waals surface area contributed by atoms with Crippen LogP contribution in [0.2, 0.25) is 0 Å². The molecule has 29 heavy (non-hydrogen) atoms. The Hall–Kier alpha value is -4.39. The lowest BCUT2D eigenvalue weighted by Crippen LogP contribution is -2.07. The first-order valence-corrected chi connectivity index (χ1v) is 8.01. The molecule has 10 heteroatoms. The number of hydrogen-bond acceptors (Lipinski definition) is 5. The molecule has 0 bridgehead atoms. The maximum Gasteiger partial charge on any atom is 0.398 e. The molecule has 0 fully saturated rings. The highest BCUT2D eigenvalue weighted by atomic mass is 19.1. The molecule has 0 unspecified atom stereocenters. The van der Waals surface area contributed by atoms with E-state index in [1.54, 1.807) is 18.2 Å². The zero-order valence-corrected chi connectivity index (χ0v) is 14.6. The SMILES string of the molecule is C=CC(=O)Nc1cccc(-n2cc(-c3cc(F)c(C#N)c(F)c3)c([N+](=O)[O-])n2)c1. The van der Waals surface area contributed by atoms with Crippen molar-refractivity contribution in [2.45, 2.75) is 0 Å². The van der Waals surface area contributed by atoms with Gasteiger partial charge in [0.2, 0.25) is 5.91 Å². The van der Waals surface area contributed by atoms with Gasteiger partial charge >= 0.3 is 5.82 Å². The van der Waals surface area contributed by atoms with E-state index in [0.717, 1.165) is 22.9 Å². The minimum absolute atomic E-state index is 0.141. The Morgan fingerprint density at radius 1 is 1.31 bits per heavy atom. The molecule has 0 saturated heterocycles. The van der Waals surface area contributed by atoms with Gasteiger partial charge in [0.15, 0.2) is 0 Å². The number of hydrogen-bond donors (Lipinski definition) is 1. The summed E-state index contributed by atoms with van der Waals surface area (Å²) in [5.74, 6) is -3.36. The number of aromatic nitrogens is 2. The smallest absolute Gasteiger partial charge is 0.358 e. The van der Waals surface area contributed by atoms with Crippen LogP contribution in [0.5, 0.6) is 0 Å². The van der Waals surface area contributed by atoms with E-state index >= 15 is 0 Å². The van der Waals surface area contributed by atoms with E-state index in [1.807, 2.05) is 0 Å². The van der Waals surface area contributed by atoms with E-state index in [-0.39, 0.29) is 11.1 Å². The number of benzene rings is 2. The van der Waals surface area contributed by atoms with Crippen molar-refractivity contribution in [1.82, 2.24) is 9.78 Å². The van der Waals surface area contributed by atoms with E-state index in [4.69, 9.17) is 5.26 Å². The lowest BCUT2D eigenvalue weighted by molar-refractivity contribution is -0.389. The fourth-order valence-electron chi connectivity index (χ4n) is 2.59. The average molecular weight is 395 g/mol. The molecular formula is C19H11F2N5O3. The number of carbonyl (C=O) groups excluding carboxylic acids is 1. The second-order valence-electron chi connectivity index (χ2n) is 5.74. The fraction of sp³-hybridized carbons (Fsp3) is 0. The van der Waals surface area contributed by atoms with E-state index in [0.29, 0.717) is 11.4 Å². The molecule has 1 aromatic heterocycles. The van der Waals surface area contributed by atoms with Gasteiger partial charge in [-0.15, -0.1) is 4.68 Å². The van der Waals surface area contributed by atoms with E-state index in [9.17, 15) is 23.7 Å². The van der Waals surface area contributed by atoms with Crippen molar-refractivity contribution in [1.29, 1.82) is 5.26 Å². The molecule has 0 saturated carbocycles. The summed E-state index contributed by atoms with van der Waals surface area (Å²) in [4.78, 5) is 22.1. The summed E-state index contributed by atoms with van der Waals surface area (Å²) in [5.41, 5.74) is -0.321. The molecule has 0 aliphatic rings. The number of rotatable bonds is 5. The molecule has 8 nitrogen and oxygen atoms in total. The standard InChI is InChI=1S/C19H11F2N5O3/c1-2-18(27)23-12-4-3-5-13(8-12)25-10-15(19(24-25)26(28)29)11-6-16(20)14(9-22)17(21)7-11/h2-8,10H,1H2,(H,23,27). The van der Waals surface area contributed by atoms with Crippen molar-refractivity contribution < 1.29 is 18.5 Å². The van der Waals surface area contributed by atoms with Crippen LogP contribution in [0, 0.1) is 33.1 Å². The Bertz CT molecular complexity index is 1170. The maximum atomic E-state index is 14.0. The third kappa shape index (κ3) is 3.84. The molecule has 2 aromatic carbocycles. The Morgan fingerprint density at radius 3 is 2.59 bits per heavy atom. The van der Waals surface area contributed by atoms with Gasteiger partial charge in [0, 0.05) is 5.69 Å². The minimum atomic E-state index is -1.14. The lowest BCUT2D eigenvalue weighted by Gasteiger charge is -2.04. The van der Waals surface area contributed by atoms with Gasteiger partial charge in [0.05, 0.1) is 17.0 Å². The van der Waals surface area contributed by atoms with Crippen LogP contribution in [0.3, 0.4) is 0 Å². The molecule has 0 radical (unpaired) electrons. The molecule has 3 aromatic rings. The van der Waals surface area contributed by atoms with Crippen LogP contribution in [0.4, 0.5) is 20.3 Å². The second-order valence-corrected chi connectivity index (χ2v) is 5.74.